The van der Waals surface area contributed by atoms with E-state index >= 15 is 0 Å². The van der Waals surface area contributed by atoms with Crippen molar-refractivity contribution >= 4 is 28.9 Å². The van der Waals surface area contributed by atoms with E-state index in [1.807, 2.05) is 0 Å². The summed E-state index contributed by atoms with van der Waals surface area (Å²) >= 11 is 11.3. The molecule has 0 amide bonds. The maximum absolute atomic E-state index is 10.4. The highest BCUT2D eigenvalue weighted by molar-refractivity contribution is 6.31. The molecule has 1 aromatic carbocycles. The van der Waals surface area contributed by atoms with E-state index in [0.29, 0.717) is 5.69 Å². The van der Waals surface area contributed by atoms with Crippen LogP contribution in [0.2, 0.25) is 10.6 Å². The van der Waals surface area contributed by atoms with Crippen molar-refractivity contribution in [2.45, 2.75) is 0 Å². The second-order valence-corrected chi connectivity index (χ2v) is 3.51. The Bertz CT molecular complexity index is 537. The summed E-state index contributed by atoms with van der Waals surface area (Å²) in [5, 5.41) is 14.4. The Labute approximate surface area is 99.6 Å². The highest BCUT2D eigenvalue weighted by Gasteiger charge is 2.10. The molecule has 0 fully saturated rings. The summed E-state index contributed by atoms with van der Waals surface area (Å²) in [5.74, 6) is 0. The fraction of sp³-hybridized carbons (Fsp3) is 0. The number of nitro benzene ring substituents is 1. The molecule has 1 heterocycles. The Hall–Kier alpha value is -1.66. The monoisotopic (exact) mass is 258 g/mol. The van der Waals surface area contributed by atoms with Crippen LogP contribution in [0, 0.1) is 10.1 Å². The highest BCUT2D eigenvalue weighted by Crippen LogP contribution is 2.19. The maximum atomic E-state index is 10.4. The molecule has 16 heavy (non-hydrogen) atoms. The van der Waals surface area contributed by atoms with Crippen LogP contribution < -0.4 is 0 Å². The minimum absolute atomic E-state index is 0.00825. The average Bonchev–Trinajstić information content (AvgIpc) is 2.58. The highest BCUT2D eigenvalue weighted by atomic mass is 35.5. The number of rotatable bonds is 2. The Morgan fingerprint density at radius 2 is 1.88 bits per heavy atom. The molecule has 0 N–H and O–H groups in total. The zero-order chi connectivity index (χ0) is 11.7. The van der Waals surface area contributed by atoms with Gasteiger partial charge in [0.15, 0.2) is 0 Å². The first-order valence-electron chi connectivity index (χ1n) is 4.11. The number of nitro groups is 1. The third kappa shape index (κ3) is 1.98. The van der Waals surface area contributed by atoms with Crippen LogP contribution in [0.4, 0.5) is 5.69 Å². The summed E-state index contributed by atoms with van der Waals surface area (Å²) in [6.45, 7) is 0. The van der Waals surface area contributed by atoms with Crippen molar-refractivity contribution in [1.29, 1.82) is 0 Å². The summed E-state index contributed by atoms with van der Waals surface area (Å²) < 4.78 is 1.29. The van der Waals surface area contributed by atoms with Gasteiger partial charge in [0.2, 0.25) is 10.6 Å². The van der Waals surface area contributed by atoms with Gasteiger partial charge in [0.1, 0.15) is 0 Å². The van der Waals surface area contributed by atoms with Crippen LogP contribution in [-0.4, -0.2) is 19.7 Å². The second kappa shape index (κ2) is 4.07. The Balaban J connectivity index is 2.42. The van der Waals surface area contributed by atoms with Crippen molar-refractivity contribution in [2.24, 2.45) is 0 Å². The third-order valence-corrected chi connectivity index (χ3v) is 2.25. The predicted molar refractivity (Wildman–Crippen MR) is 58.0 cm³/mol. The lowest BCUT2D eigenvalue weighted by atomic mass is 10.3. The van der Waals surface area contributed by atoms with Crippen LogP contribution in [0.25, 0.3) is 5.69 Å². The van der Waals surface area contributed by atoms with Crippen LogP contribution in [0.5, 0.6) is 0 Å². The number of nitrogens with zero attached hydrogens (tertiary/aromatic N) is 4. The molecule has 0 saturated carbocycles. The van der Waals surface area contributed by atoms with Crippen molar-refractivity contribution in [3.63, 3.8) is 0 Å². The molecular formula is C8H4Cl2N4O2. The smallest absolute Gasteiger partial charge is 0.258 e. The summed E-state index contributed by atoms with van der Waals surface area (Å²) in [7, 11) is 0. The van der Waals surface area contributed by atoms with Gasteiger partial charge in [-0.05, 0) is 35.3 Å². The largest absolute Gasteiger partial charge is 0.269 e. The van der Waals surface area contributed by atoms with Gasteiger partial charge in [-0.3, -0.25) is 10.1 Å². The van der Waals surface area contributed by atoms with Crippen LogP contribution >= 0.6 is 23.2 Å². The first-order chi connectivity index (χ1) is 7.58. The van der Waals surface area contributed by atoms with Crippen LogP contribution in [0.15, 0.2) is 24.3 Å². The van der Waals surface area contributed by atoms with E-state index in [4.69, 9.17) is 23.2 Å². The van der Waals surface area contributed by atoms with Gasteiger partial charge < -0.3 is 0 Å². The Morgan fingerprint density at radius 3 is 2.31 bits per heavy atom. The fourth-order valence-corrected chi connectivity index (χ4v) is 1.56. The number of aromatic nitrogens is 3. The number of non-ortho nitro benzene ring substituents is 1. The molecule has 1 aromatic heterocycles. The minimum Gasteiger partial charge on any atom is -0.258 e. The molecule has 0 bridgehead atoms. The molecule has 0 unspecified atom stereocenters. The summed E-state index contributed by atoms with van der Waals surface area (Å²) in [6, 6.07) is 5.71. The minimum atomic E-state index is -0.486. The maximum Gasteiger partial charge on any atom is 0.269 e. The van der Waals surface area contributed by atoms with Gasteiger partial charge >= 0.3 is 0 Å². The zero-order valence-electron chi connectivity index (χ0n) is 7.67. The molecule has 0 aliphatic rings. The predicted octanol–water partition coefficient (Wildman–Crippen LogP) is 2.48. The summed E-state index contributed by atoms with van der Waals surface area (Å²) in [6.07, 6.45) is 0. The van der Waals surface area contributed by atoms with Crippen LogP contribution in [-0.2, 0) is 0 Å². The molecule has 0 aliphatic carbocycles. The molecule has 2 rings (SSSR count). The Kier molecular flexibility index (Phi) is 2.76. The van der Waals surface area contributed by atoms with E-state index in [0.717, 1.165) is 0 Å². The topological polar surface area (TPSA) is 73.8 Å². The van der Waals surface area contributed by atoms with E-state index < -0.39 is 4.92 Å². The first kappa shape index (κ1) is 10.8. The zero-order valence-corrected chi connectivity index (χ0v) is 9.18. The lowest BCUT2D eigenvalue weighted by molar-refractivity contribution is -0.384. The Morgan fingerprint density at radius 1 is 1.25 bits per heavy atom. The first-order valence-corrected chi connectivity index (χ1v) is 4.86. The van der Waals surface area contributed by atoms with E-state index in [-0.39, 0.29) is 16.3 Å². The molecular weight excluding hydrogens is 255 g/mol. The van der Waals surface area contributed by atoms with Crippen molar-refractivity contribution in [3.8, 4) is 5.69 Å². The van der Waals surface area contributed by atoms with E-state index in [1.54, 1.807) is 0 Å². The summed E-state index contributed by atoms with van der Waals surface area (Å²) in [5.41, 5.74) is 0.543. The van der Waals surface area contributed by atoms with Crippen LogP contribution in [0.3, 0.4) is 0 Å². The molecule has 2 aromatic rings. The van der Waals surface area contributed by atoms with Gasteiger partial charge in [0.05, 0.1) is 10.6 Å². The fourth-order valence-electron chi connectivity index (χ4n) is 1.15. The lowest BCUT2D eigenvalue weighted by Gasteiger charge is -2.00. The quantitative estimate of drug-likeness (QED) is 0.613. The molecule has 0 spiro atoms. The number of hydrogen-bond acceptors (Lipinski definition) is 4. The summed E-state index contributed by atoms with van der Waals surface area (Å²) in [4.78, 5) is 13.7. The van der Waals surface area contributed by atoms with Gasteiger partial charge in [-0.1, -0.05) is 0 Å². The van der Waals surface area contributed by atoms with Crippen molar-refractivity contribution in [3.05, 3.63) is 44.9 Å². The van der Waals surface area contributed by atoms with Crippen molar-refractivity contribution < 1.29 is 4.92 Å². The lowest BCUT2D eigenvalue weighted by Crippen LogP contribution is -1.97. The molecule has 82 valence electrons. The third-order valence-electron chi connectivity index (χ3n) is 1.85. The standard InChI is InChI=1S/C8H4Cl2N4O2/c9-7-11-8(10)13(12-7)5-1-3-6(4-2-5)14(15)16/h1-4H. The molecule has 0 atom stereocenters. The average molecular weight is 259 g/mol. The molecule has 0 aliphatic heterocycles. The van der Waals surface area contributed by atoms with E-state index in [9.17, 15) is 10.1 Å². The second-order valence-electron chi connectivity index (χ2n) is 2.84. The molecule has 0 radical (unpaired) electrons. The van der Waals surface area contributed by atoms with Crippen LogP contribution in [0.1, 0.15) is 0 Å². The SMILES string of the molecule is O=[N+]([O-])c1ccc(-n2nc(Cl)nc2Cl)cc1. The molecule has 0 saturated heterocycles. The van der Waals surface area contributed by atoms with Gasteiger partial charge in [-0.25, -0.2) is 4.68 Å². The normalized spacial score (nSPS) is 10.4. The number of hydrogen-bond donors (Lipinski definition) is 0. The van der Waals surface area contributed by atoms with E-state index in [1.165, 1.54) is 28.9 Å². The van der Waals surface area contributed by atoms with E-state index in [2.05, 4.69) is 10.1 Å². The molecule has 8 heteroatoms. The van der Waals surface area contributed by atoms with Gasteiger partial charge in [-0.15, -0.1) is 5.10 Å². The van der Waals surface area contributed by atoms with Gasteiger partial charge in [-0.2, -0.15) is 4.98 Å². The van der Waals surface area contributed by atoms with Gasteiger partial charge in [0, 0.05) is 12.1 Å². The van der Waals surface area contributed by atoms with Crippen molar-refractivity contribution in [1.82, 2.24) is 14.8 Å². The van der Waals surface area contributed by atoms with Gasteiger partial charge in [0.25, 0.3) is 5.69 Å². The van der Waals surface area contributed by atoms with Crippen molar-refractivity contribution in [2.75, 3.05) is 0 Å². The number of halogens is 2. The molecule has 6 nitrogen and oxygen atoms in total. The number of benzene rings is 1.